The molecule has 1 aliphatic rings. The molecule has 1 aromatic carbocycles. The van der Waals surface area contributed by atoms with Gasteiger partial charge in [-0.3, -0.25) is 14.9 Å². The van der Waals surface area contributed by atoms with Crippen LogP contribution in [-0.4, -0.2) is 23.5 Å². The molecule has 6 heteroatoms. The highest BCUT2D eigenvalue weighted by Crippen LogP contribution is 2.29. The monoisotopic (exact) mass is 306 g/mol. The van der Waals surface area contributed by atoms with E-state index >= 15 is 0 Å². The second-order valence-corrected chi connectivity index (χ2v) is 5.98. The molecule has 0 aliphatic heterocycles. The Hall–Kier alpha value is -2.11. The van der Waals surface area contributed by atoms with Gasteiger partial charge in [0.05, 0.1) is 11.0 Å². The van der Waals surface area contributed by atoms with Crippen molar-refractivity contribution in [2.24, 2.45) is 11.8 Å². The van der Waals surface area contributed by atoms with E-state index in [9.17, 15) is 14.9 Å². The van der Waals surface area contributed by atoms with Crippen molar-refractivity contribution in [3.8, 4) is 5.75 Å². The van der Waals surface area contributed by atoms with Crippen molar-refractivity contribution >= 4 is 11.6 Å². The summed E-state index contributed by atoms with van der Waals surface area (Å²) in [4.78, 5) is 22.2. The average molecular weight is 306 g/mol. The maximum absolute atomic E-state index is 12.0. The van der Waals surface area contributed by atoms with Crippen LogP contribution in [0, 0.1) is 22.0 Å². The molecule has 0 spiro atoms. The van der Waals surface area contributed by atoms with Crippen LogP contribution in [0.4, 0.5) is 5.69 Å². The minimum atomic E-state index is -0.488. The molecule has 0 heterocycles. The van der Waals surface area contributed by atoms with Crippen LogP contribution in [0.5, 0.6) is 5.75 Å². The Bertz CT molecular complexity index is 547. The maximum atomic E-state index is 12.0. The number of carbonyl (C=O) groups is 1. The van der Waals surface area contributed by atoms with Gasteiger partial charge in [0.15, 0.2) is 6.61 Å². The Morgan fingerprint density at radius 3 is 2.91 bits per heavy atom. The summed E-state index contributed by atoms with van der Waals surface area (Å²) in [5.41, 5.74) is -0.0485. The van der Waals surface area contributed by atoms with Gasteiger partial charge in [0.25, 0.3) is 11.6 Å². The standard InChI is InChI=1S/C16H22N2O4/c1-11-5-3-8-15(12(11)2)17-16(19)10-22-14-7-4-6-13(9-14)18(20)21/h4,6-7,9,11-12,15H,3,5,8,10H2,1-2H3,(H,17,19)/t11-,12+,15-/m0/s1. The van der Waals surface area contributed by atoms with E-state index in [-0.39, 0.29) is 24.2 Å². The number of nitro benzene ring substituents is 1. The zero-order chi connectivity index (χ0) is 16.1. The second-order valence-electron chi connectivity index (χ2n) is 5.98. The number of hydrogen-bond acceptors (Lipinski definition) is 4. The van der Waals surface area contributed by atoms with Crippen molar-refractivity contribution in [3.63, 3.8) is 0 Å². The maximum Gasteiger partial charge on any atom is 0.273 e. The zero-order valence-electron chi connectivity index (χ0n) is 13.0. The summed E-state index contributed by atoms with van der Waals surface area (Å²) in [6.07, 6.45) is 3.33. The van der Waals surface area contributed by atoms with E-state index < -0.39 is 4.92 Å². The van der Waals surface area contributed by atoms with Gasteiger partial charge in [0.1, 0.15) is 5.75 Å². The number of rotatable bonds is 5. The Balaban J connectivity index is 1.85. The summed E-state index contributed by atoms with van der Waals surface area (Å²) in [5.74, 6) is 1.21. The number of nitrogens with one attached hydrogen (secondary N) is 1. The first kappa shape index (κ1) is 16.3. The molecule has 1 amide bonds. The van der Waals surface area contributed by atoms with E-state index in [1.807, 2.05) is 0 Å². The molecule has 0 saturated heterocycles. The van der Waals surface area contributed by atoms with Gasteiger partial charge in [0.2, 0.25) is 0 Å². The fourth-order valence-corrected chi connectivity index (χ4v) is 2.87. The molecule has 2 rings (SSSR count). The largest absolute Gasteiger partial charge is 0.484 e. The summed E-state index contributed by atoms with van der Waals surface area (Å²) < 4.78 is 5.35. The van der Waals surface area contributed by atoms with Crippen LogP contribution in [0.2, 0.25) is 0 Å². The van der Waals surface area contributed by atoms with Crippen molar-refractivity contribution in [1.82, 2.24) is 5.32 Å². The third-order valence-electron chi connectivity index (χ3n) is 4.45. The average Bonchev–Trinajstić information content (AvgIpc) is 2.50. The van der Waals surface area contributed by atoms with Gasteiger partial charge in [-0.05, 0) is 24.3 Å². The van der Waals surface area contributed by atoms with Gasteiger partial charge in [-0.15, -0.1) is 0 Å². The van der Waals surface area contributed by atoms with Crippen molar-refractivity contribution in [2.75, 3.05) is 6.61 Å². The van der Waals surface area contributed by atoms with E-state index in [1.54, 1.807) is 6.07 Å². The summed E-state index contributed by atoms with van der Waals surface area (Å²) in [6.45, 7) is 4.25. The molecule has 120 valence electrons. The van der Waals surface area contributed by atoms with Crippen LogP contribution in [-0.2, 0) is 4.79 Å². The first-order chi connectivity index (χ1) is 10.5. The zero-order valence-corrected chi connectivity index (χ0v) is 13.0. The van der Waals surface area contributed by atoms with Crippen molar-refractivity contribution in [1.29, 1.82) is 0 Å². The van der Waals surface area contributed by atoms with Crippen LogP contribution in [0.25, 0.3) is 0 Å². The van der Waals surface area contributed by atoms with Crippen LogP contribution in [0.15, 0.2) is 24.3 Å². The van der Waals surface area contributed by atoms with Gasteiger partial charge >= 0.3 is 0 Å². The van der Waals surface area contributed by atoms with E-state index in [1.165, 1.54) is 24.6 Å². The lowest BCUT2D eigenvalue weighted by Gasteiger charge is -2.34. The van der Waals surface area contributed by atoms with E-state index in [0.717, 1.165) is 12.8 Å². The summed E-state index contributed by atoms with van der Waals surface area (Å²) in [5, 5.41) is 13.7. The molecule has 1 aromatic rings. The number of nitrogens with zero attached hydrogens (tertiary/aromatic N) is 1. The van der Waals surface area contributed by atoms with Gasteiger partial charge in [0, 0.05) is 12.1 Å². The van der Waals surface area contributed by atoms with Crippen LogP contribution >= 0.6 is 0 Å². The lowest BCUT2D eigenvalue weighted by atomic mass is 9.78. The third kappa shape index (κ3) is 4.19. The fraction of sp³-hybridized carbons (Fsp3) is 0.562. The van der Waals surface area contributed by atoms with Gasteiger partial charge in [-0.25, -0.2) is 0 Å². The van der Waals surface area contributed by atoms with Crippen molar-refractivity contribution in [2.45, 2.75) is 39.2 Å². The molecule has 1 saturated carbocycles. The number of non-ortho nitro benzene ring substituents is 1. The highest BCUT2D eigenvalue weighted by atomic mass is 16.6. The molecule has 1 N–H and O–H groups in total. The van der Waals surface area contributed by atoms with Crippen molar-refractivity contribution < 1.29 is 14.5 Å². The molecule has 1 fully saturated rings. The van der Waals surface area contributed by atoms with Crippen LogP contribution in [0.3, 0.4) is 0 Å². The number of amides is 1. The third-order valence-corrected chi connectivity index (χ3v) is 4.45. The van der Waals surface area contributed by atoms with Gasteiger partial charge in [-0.1, -0.05) is 32.8 Å². The molecule has 22 heavy (non-hydrogen) atoms. The Labute approximate surface area is 130 Å². The summed E-state index contributed by atoms with van der Waals surface area (Å²) in [7, 11) is 0. The molecular formula is C16H22N2O4. The number of hydrogen-bond donors (Lipinski definition) is 1. The van der Waals surface area contributed by atoms with Crippen LogP contribution in [0.1, 0.15) is 33.1 Å². The first-order valence-electron chi connectivity index (χ1n) is 7.64. The Morgan fingerprint density at radius 2 is 2.18 bits per heavy atom. The number of ether oxygens (including phenoxy) is 1. The minimum Gasteiger partial charge on any atom is -0.484 e. The minimum absolute atomic E-state index is 0.0485. The normalized spacial score (nSPS) is 24.5. The van der Waals surface area contributed by atoms with Gasteiger partial charge in [-0.2, -0.15) is 0 Å². The van der Waals surface area contributed by atoms with E-state index in [2.05, 4.69) is 19.2 Å². The Kier molecular flexibility index (Phi) is 5.35. The SMILES string of the molecule is C[C@H]1[C@@H](NC(=O)COc2cccc([N+](=O)[O-])c2)CCC[C@@H]1C. The first-order valence-corrected chi connectivity index (χ1v) is 7.64. The van der Waals surface area contributed by atoms with Crippen LogP contribution < -0.4 is 10.1 Å². The molecule has 0 radical (unpaired) electrons. The molecule has 3 atom stereocenters. The molecule has 0 unspecified atom stereocenters. The number of benzene rings is 1. The lowest BCUT2D eigenvalue weighted by Crippen LogP contribution is -2.45. The molecule has 0 aromatic heterocycles. The molecule has 0 bridgehead atoms. The lowest BCUT2D eigenvalue weighted by molar-refractivity contribution is -0.384. The topological polar surface area (TPSA) is 81.5 Å². The fourth-order valence-electron chi connectivity index (χ4n) is 2.87. The number of nitro groups is 1. The van der Waals surface area contributed by atoms with Gasteiger partial charge < -0.3 is 10.1 Å². The number of carbonyl (C=O) groups excluding carboxylic acids is 1. The quantitative estimate of drug-likeness (QED) is 0.670. The summed E-state index contributed by atoms with van der Waals surface area (Å²) in [6, 6.07) is 6.03. The highest BCUT2D eigenvalue weighted by molar-refractivity contribution is 5.77. The Morgan fingerprint density at radius 1 is 1.41 bits per heavy atom. The van der Waals surface area contributed by atoms with E-state index in [4.69, 9.17) is 4.74 Å². The summed E-state index contributed by atoms with van der Waals surface area (Å²) >= 11 is 0. The molecule has 1 aliphatic carbocycles. The predicted octanol–water partition coefficient (Wildman–Crippen LogP) is 2.91. The highest BCUT2D eigenvalue weighted by Gasteiger charge is 2.28. The molecule has 6 nitrogen and oxygen atoms in total. The van der Waals surface area contributed by atoms with E-state index in [0.29, 0.717) is 17.6 Å². The predicted molar refractivity (Wildman–Crippen MR) is 82.7 cm³/mol. The smallest absolute Gasteiger partial charge is 0.273 e. The second kappa shape index (κ2) is 7.24. The molecular weight excluding hydrogens is 284 g/mol. The van der Waals surface area contributed by atoms with Crippen molar-refractivity contribution in [3.05, 3.63) is 34.4 Å².